The zero-order valence-corrected chi connectivity index (χ0v) is 15.0. The van der Waals surface area contributed by atoms with Crippen LogP contribution in [-0.2, 0) is 0 Å². The molecule has 27 heavy (non-hydrogen) atoms. The molecule has 2 aliphatic rings. The largest absolute Gasteiger partial charge is 0.506 e. The number of fused-ring (bicyclic) bond motifs is 1. The zero-order valence-electron chi connectivity index (χ0n) is 15.0. The molecule has 4 rings (SSSR count). The van der Waals surface area contributed by atoms with Crippen molar-refractivity contribution >= 4 is 0 Å². The number of ether oxygens (including phenoxy) is 1. The fourth-order valence-electron chi connectivity index (χ4n) is 4.32. The maximum Gasteiger partial charge on any atom is 0.133 e. The molecule has 0 spiro atoms. The predicted octanol–water partition coefficient (Wildman–Crippen LogP) is 2.48. The van der Waals surface area contributed by atoms with Crippen LogP contribution in [0.1, 0.15) is 30.2 Å². The van der Waals surface area contributed by atoms with E-state index in [0.717, 1.165) is 31.7 Å². The minimum Gasteiger partial charge on any atom is -0.506 e. The van der Waals surface area contributed by atoms with Crippen molar-refractivity contribution in [3.63, 3.8) is 0 Å². The molecule has 0 bridgehead atoms. The van der Waals surface area contributed by atoms with Crippen molar-refractivity contribution in [1.29, 1.82) is 5.26 Å². The van der Waals surface area contributed by atoms with Gasteiger partial charge in [-0.3, -0.25) is 9.88 Å². The van der Waals surface area contributed by atoms with Crippen LogP contribution in [0.15, 0.2) is 42.6 Å². The minimum absolute atomic E-state index is 0.106. The van der Waals surface area contributed by atoms with Crippen LogP contribution < -0.4 is 4.74 Å². The van der Waals surface area contributed by atoms with E-state index in [1.807, 2.05) is 12.1 Å². The average Bonchev–Trinajstić information content (AvgIpc) is 3.20. The van der Waals surface area contributed by atoms with Gasteiger partial charge in [0, 0.05) is 19.6 Å². The summed E-state index contributed by atoms with van der Waals surface area (Å²) >= 11 is 0. The molecule has 1 aliphatic heterocycles. The molecule has 2 aromatic rings. The van der Waals surface area contributed by atoms with Crippen LogP contribution in [0.5, 0.6) is 11.5 Å². The SMILES string of the molecule is N#Cc1ccc(O[C@@H]2C[C@@H]3CN(C[C@H](O)c4ccc(O)cn4)C[C@@H]3C2)cc1. The van der Waals surface area contributed by atoms with Crippen molar-refractivity contribution in [2.24, 2.45) is 11.8 Å². The van der Waals surface area contributed by atoms with E-state index in [4.69, 9.17) is 10.00 Å². The number of nitriles is 1. The highest BCUT2D eigenvalue weighted by Gasteiger charge is 2.42. The van der Waals surface area contributed by atoms with Gasteiger partial charge in [0.15, 0.2) is 0 Å². The van der Waals surface area contributed by atoms with Crippen LogP contribution in [0.4, 0.5) is 0 Å². The molecule has 1 saturated carbocycles. The molecule has 1 aromatic heterocycles. The first-order valence-electron chi connectivity index (χ1n) is 9.33. The van der Waals surface area contributed by atoms with E-state index in [0.29, 0.717) is 29.6 Å². The van der Waals surface area contributed by atoms with Crippen molar-refractivity contribution in [2.45, 2.75) is 25.0 Å². The van der Waals surface area contributed by atoms with Gasteiger partial charge in [-0.15, -0.1) is 0 Å². The van der Waals surface area contributed by atoms with E-state index in [-0.39, 0.29) is 11.9 Å². The van der Waals surface area contributed by atoms with Crippen LogP contribution in [-0.4, -0.2) is 45.8 Å². The molecular formula is C21H23N3O3. The summed E-state index contributed by atoms with van der Waals surface area (Å²) in [5.74, 6) is 2.11. The van der Waals surface area contributed by atoms with Gasteiger partial charge in [-0.2, -0.15) is 5.26 Å². The Morgan fingerprint density at radius 2 is 1.85 bits per heavy atom. The molecule has 2 fully saturated rings. The molecule has 6 nitrogen and oxygen atoms in total. The third kappa shape index (κ3) is 4.05. The number of aliphatic hydroxyl groups is 1. The van der Waals surface area contributed by atoms with Crippen LogP contribution in [0.2, 0.25) is 0 Å². The summed E-state index contributed by atoms with van der Waals surface area (Å²) in [6, 6.07) is 12.6. The fourth-order valence-corrected chi connectivity index (χ4v) is 4.32. The molecule has 1 aromatic carbocycles. The lowest BCUT2D eigenvalue weighted by Crippen LogP contribution is -2.29. The quantitative estimate of drug-likeness (QED) is 0.846. The Balaban J connectivity index is 1.27. The molecule has 4 atom stereocenters. The van der Waals surface area contributed by atoms with Crippen LogP contribution in [0.25, 0.3) is 0 Å². The summed E-state index contributed by atoms with van der Waals surface area (Å²) in [6.07, 6.45) is 2.99. The van der Waals surface area contributed by atoms with Crippen LogP contribution in [0.3, 0.4) is 0 Å². The lowest BCUT2D eigenvalue weighted by Gasteiger charge is -2.22. The van der Waals surface area contributed by atoms with Crippen molar-refractivity contribution in [2.75, 3.05) is 19.6 Å². The highest BCUT2D eigenvalue weighted by atomic mass is 16.5. The number of pyridine rings is 1. The maximum absolute atomic E-state index is 10.4. The van der Waals surface area contributed by atoms with Gasteiger partial charge in [-0.05, 0) is 61.1 Å². The van der Waals surface area contributed by atoms with Crippen molar-refractivity contribution in [1.82, 2.24) is 9.88 Å². The Hall–Kier alpha value is -2.62. The van der Waals surface area contributed by atoms with Crippen LogP contribution >= 0.6 is 0 Å². The number of likely N-dealkylation sites (tertiary alicyclic amines) is 1. The number of nitrogens with zero attached hydrogens (tertiary/aromatic N) is 3. The number of aromatic nitrogens is 1. The molecule has 1 saturated heterocycles. The highest BCUT2D eigenvalue weighted by molar-refractivity contribution is 5.34. The first kappa shape index (κ1) is 17.8. The number of aromatic hydroxyl groups is 1. The summed E-state index contributed by atoms with van der Waals surface area (Å²) in [7, 11) is 0. The minimum atomic E-state index is -0.643. The Kier molecular flexibility index (Phi) is 4.97. The number of rotatable bonds is 5. The molecule has 2 N–H and O–H groups in total. The average molecular weight is 365 g/mol. The Morgan fingerprint density at radius 3 is 2.44 bits per heavy atom. The number of aliphatic hydroxyl groups excluding tert-OH is 1. The lowest BCUT2D eigenvalue weighted by molar-refractivity contribution is 0.113. The molecule has 1 aliphatic carbocycles. The first-order chi connectivity index (χ1) is 13.1. The zero-order chi connectivity index (χ0) is 18.8. The van der Waals surface area contributed by atoms with Gasteiger partial charge in [0.05, 0.1) is 29.6 Å². The second-order valence-electron chi connectivity index (χ2n) is 7.54. The van der Waals surface area contributed by atoms with E-state index in [9.17, 15) is 10.2 Å². The van der Waals surface area contributed by atoms with E-state index in [1.165, 1.54) is 6.20 Å². The van der Waals surface area contributed by atoms with Gasteiger partial charge < -0.3 is 14.9 Å². The highest BCUT2D eigenvalue weighted by Crippen LogP contribution is 2.40. The number of benzene rings is 1. The molecule has 0 amide bonds. The topological polar surface area (TPSA) is 89.6 Å². The monoisotopic (exact) mass is 365 g/mol. The first-order valence-corrected chi connectivity index (χ1v) is 9.33. The van der Waals surface area contributed by atoms with E-state index >= 15 is 0 Å². The van der Waals surface area contributed by atoms with Gasteiger partial charge in [0.1, 0.15) is 17.6 Å². The normalized spacial score (nSPS) is 25.7. The van der Waals surface area contributed by atoms with Gasteiger partial charge in [-0.25, -0.2) is 0 Å². The van der Waals surface area contributed by atoms with Crippen molar-refractivity contribution in [3.05, 3.63) is 53.9 Å². The second kappa shape index (κ2) is 7.55. The van der Waals surface area contributed by atoms with Gasteiger partial charge in [-0.1, -0.05) is 0 Å². The van der Waals surface area contributed by atoms with E-state index in [1.54, 1.807) is 24.3 Å². The third-order valence-electron chi connectivity index (χ3n) is 5.61. The van der Waals surface area contributed by atoms with E-state index < -0.39 is 6.10 Å². The summed E-state index contributed by atoms with van der Waals surface area (Å²) < 4.78 is 6.10. The molecular weight excluding hydrogens is 342 g/mol. The summed E-state index contributed by atoms with van der Waals surface area (Å²) in [4.78, 5) is 6.39. The Bertz CT molecular complexity index is 802. The predicted molar refractivity (Wildman–Crippen MR) is 99.1 cm³/mol. The molecule has 2 heterocycles. The fraction of sp³-hybridized carbons (Fsp3) is 0.429. The standard InChI is InChI=1S/C21H23N3O3/c22-9-14-1-4-18(5-2-14)27-19-7-15-11-24(12-16(15)8-19)13-21(26)20-6-3-17(25)10-23-20/h1-6,10,15-16,19,21,25-26H,7-8,11-13H2/t15-,16+,19-,21-/m0/s1. The van der Waals surface area contributed by atoms with Gasteiger partial charge in [0.2, 0.25) is 0 Å². The molecule has 0 radical (unpaired) electrons. The molecule has 0 unspecified atom stereocenters. The lowest BCUT2D eigenvalue weighted by atomic mass is 10.0. The number of hydrogen-bond acceptors (Lipinski definition) is 6. The second-order valence-corrected chi connectivity index (χ2v) is 7.54. The van der Waals surface area contributed by atoms with Crippen LogP contribution in [0, 0.1) is 23.2 Å². The number of β-amino-alcohol motifs (C(OH)–C–C–N with tert-alkyl or cyclic N) is 1. The van der Waals surface area contributed by atoms with Crippen molar-refractivity contribution < 1.29 is 14.9 Å². The van der Waals surface area contributed by atoms with E-state index in [2.05, 4.69) is 16.0 Å². The molecule has 140 valence electrons. The smallest absolute Gasteiger partial charge is 0.133 e. The Morgan fingerprint density at radius 1 is 1.15 bits per heavy atom. The third-order valence-corrected chi connectivity index (χ3v) is 5.61. The summed E-state index contributed by atoms with van der Waals surface area (Å²) in [6.45, 7) is 2.49. The van der Waals surface area contributed by atoms with Crippen molar-refractivity contribution in [3.8, 4) is 17.6 Å². The summed E-state index contributed by atoms with van der Waals surface area (Å²) in [5.41, 5.74) is 1.23. The summed E-state index contributed by atoms with van der Waals surface area (Å²) in [5, 5.41) is 28.6. The maximum atomic E-state index is 10.4. The number of hydrogen-bond donors (Lipinski definition) is 2. The Labute approximate surface area is 158 Å². The molecule has 6 heteroatoms. The van der Waals surface area contributed by atoms with Gasteiger partial charge in [0.25, 0.3) is 0 Å². The van der Waals surface area contributed by atoms with Gasteiger partial charge >= 0.3 is 0 Å².